The van der Waals surface area contributed by atoms with E-state index >= 15 is 0 Å². The van der Waals surface area contributed by atoms with Crippen molar-refractivity contribution in [1.29, 1.82) is 0 Å². The van der Waals surface area contributed by atoms with Gasteiger partial charge >= 0.3 is 0 Å². The van der Waals surface area contributed by atoms with E-state index in [2.05, 4.69) is 35.1 Å². The van der Waals surface area contributed by atoms with Crippen molar-refractivity contribution in [3.05, 3.63) is 77.9 Å². The monoisotopic (exact) mass is 313 g/mol. The molecule has 22 heavy (non-hydrogen) atoms. The van der Waals surface area contributed by atoms with Crippen LogP contribution in [-0.2, 0) is 11.0 Å². The van der Waals surface area contributed by atoms with Crippen molar-refractivity contribution in [1.82, 2.24) is 4.72 Å². The van der Waals surface area contributed by atoms with Gasteiger partial charge < -0.3 is 0 Å². The fraction of sp³-hybridized carbons (Fsp3) is 0.263. The summed E-state index contributed by atoms with van der Waals surface area (Å²) in [5, 5.41) is 0. The van der Waals surface area contributed by atoms with Gasteiger partial charge in [0.25, 0.3) is 0 Å². The van der Waals surface area contributed by atoms with Gasteiger partial charge in [-0.1, -0.05) is 66.7 Å². The first kappa shape index (κ1) is 16.7. The molecule has 2 aromatic rings. The molecule has 1 atom stereocenters. The Bertz CT molecular complexity index is 601. The van der Waals surface area contributed by atoms with Crippen molar-refractivity contribution in [2.45, 2.75) is 25.5 Å². The Labute approximate surface area is 135 Å². The lowest BCUT2D eigenvalue weighted by Crippen LogP contribution is -2.33. The highest BCUT2D eigenvalue weighted by atomic mass is 32.2. The van der Waals surface area contributed by atoms with Gasteiger partial charge in [-0.25, -0.2) is 8.93 Å². The summed E-state index contributed by atoms with van der Waals surface area (Å²) >= 11 is 0. The summed E-state index contributed by atoms with van der Waals surface area (Å²) in [5.74, 6) is 0. The van der Waals surface area contributed by atoms with Crippen LogP contribution in [0.4, 0.5) is 0 Å². The van der Waals surface area contributed by atoms with E-state index in [1.54, 1.807) is 0 Å². The van der Waals surface area contributed by atoms with Gasteiger partial charge in [0.05, 0.1) is 15.7 Å². The van der Waals surface area contributed by atoms with Crippen LogP contribution in [0.3, 0.4) is 0 Å². The van der Waals surface area contributed by atoms with Crippen molar-refractivity contribution in [2.75, 3.05) is 6.54 Å². The molecule has 116 valence electrons. The summed E-state index contributed by atoms with van der Waals surface area (Å²) in [5.41, 5.74) is 3.48. The maximum absolute atomic E-state index is 12.1. The van der Waals surface area contributed by atoms with Gasteiger partial charge in [-0.3, -0.25) is 0 Å². The normalized spacial score (nSPS) is 12.7. The predicted octanol–water partition coefficient (Wildman–Crippen LogP) is 4.17. The van der Waals surface area contributed by atoms with E-state index in [1.165, 1.54) is 0 Å². The number of benzene rings is 2. The minimum atomic E-state index is -1.06. The van der Waals surface area contributed by atoms with E-state index in [4.69, 9.17) is 0 Å². The first-order valence-electron chi connectivity index (χ1n) is 7.45. The predicted molar refractivity (Wildman–Crippen MR) is 95.9 cm³/mol. The van der Waals surface area contributed by atoms with Crippen LogP contribution in [0.15, 0.2) is 66.7 Å². The lowest BCUT2D eigenvalue weighted by Gasteiger charge is -2.17. The summed E-state index contributed by atoms with van der Waals surface area (Å²) in [6.07, 6.45) is 2.11. The Morgan fingerprint density at radius 1 is 0.955 bits per heavy atom. The first-order valence-corrected chi connectivity index (χ1v) is 8.60. The minimum absolute atomic E-state index is 0.256. The topological polar surface area (TPSA) is 29.1 Å². The molecule has 2 nitrogen and oxygen atoms in total. The lowest BCUT2D eigenvalue weighted by atomic mass is 9.98. The zero-order valence-corrected chi connectivity index (χ0v) is 14.2. The van der Waals surface area contributed by atoms with Crippen LogP contribution >= 0.6 is 0 Å². The summed E-state index contributed by atoms with van der Waals surface area (Å²) < 4.78 is 14.9. The number of rotatable bonds is 5. The molecule has 0 amide bonds. The quantitative estimate of drug-likeness (QED) is 0.882. The van der Waals surface area contributed by atoms with E-state index in [0.29, 0.717) is 6.54 Å². The molecule has 0 bridgehead atoms. The Morgan fingerprint density at radius 3 is 1.82 bits per heavy atom. The molecule has 0 aliphatic heterocycles. The Balaban J connectivity index is 2.23. The second kappa shape index (κ2) is 7.52. The maximum Gasteiger partial charge on any atom is 0.0973 e. The van der Waals surface area contributed by atoms with Crippen LogP contribution in [0.1, 0.15) is 31.9 Å². The highest BCUT2D eigenvalue weighted by molar-refractivity contribution is 7.84. The van der Waals surface area contributed by atoms with E-state index < -0.39 is 11.0 Å². The number of hydrogen-bond acceptors (Lipinski definition) is 1. The molecule has 0 aromatic heterocycles. The summed E-state index contributed by atoms with van der Waals surface area (Å²) in [6, 6.07) is 20.6. The van der Waals surface area contributed by atoms with Crippen molar-refractivity contribution in [3.63, 3.8) is 0 Å². The average molecular weight is 313 g/mol. The summed E-state index contributed by atoms with van der Waals surface area (Å²) in [4.78, 5) is 0. The van der Waals surface area contributed by atoms with E-state index in [0.717, 1.165) is 16.7 Å². The van der Waals surface area contributed by atoms with Gasteiger partial charge in [0.1, 0.15) is 0 Å². The fourth-order valence-corrected chi connectivity index (χ4v) is 2.74. The van der Waals surface area contributed by atoms with Gasteiger partial charge in [0.2, 0.25) is 0 Å². The van der Waals surface area contributed by atoms with Gasteiger partial charge in [-0.15, -0.1) is 0 Å². The molecule has 0 heterocycles. The third kappa shape index (κ3) is 4.65. The Morgan fingerprint density at radius 2 is 1.41 bits per heavy atom. The third-order valence-corrected chi connectivity index (χ3v) is 4.79. The van der Waals surface area contributed by atoms with Crippen LogP contribution in [0.5, 0.6) is 0 Å². The Hall–Kier alpha value is -1.71. The zero-order valence-electron chi connectivity index (χ0n) is 13.4. The van der Waals surface area contributed by atoms with Crippen LogP contribution < -0.4 is 4.72 Å². The SMILES string of the molecule is CC(C)(C)[S@@](=O)NCC=C(c1ccccc1)c1ccccc1. The second-order valence-corrected chi connectivity index (χ2v) is 8.13. The first-order chi connectivity index (χ1) is 10.5. The van der Waals surface area contributed by atoms with Crippen molar-refractivity contribution in [3.8, 4) is 0 Å². The molecule has 0 spiro atoms. The van der Waals surface area contributed by atoms with E-state index in [-0.39, 0.29) is 4.75 Å². The average Bonchev–Trinajstić information content (AvgIpc) is 2.52. The molecule has 0 aliphatic carbocycles. The smallest absolute Gasteiger partial charge is 0.0973 e. The van der Waals surface area contributed by atoms with E-state index in [9.17, 15) is 4.21 Å². The fourth-order valence-electron chi connectivity index (χ4n) is 2.07. The highest BCUT2D eigenvalue weighted by Crippen LogP contribution is 2.22. The summed E-state index contributed by atoms with van der Waals surface area (Å²) in [7, 11) is -1.06. The van der Waals surface area contributed by atoms with Gasteiger partial charge in [-0.05, 0) is 37.5 Å². The molecule has 2 rings (SSSR count). The molecule has 0 fully saturated rings. The van der Waals surface area contributed by atoms with Gasteiger partial charge in [0.15, 0.2) is 0 Å². The summed E-state index contributed by atoms with van der Waals surface area (Å²) in [6.45, 7) is 6.47. The minimum Gasteiger partial charge on any atom is -0.242 e. The van der Waals surface area contributed by atoms with Crippen LogP contribution in [0.25, 0.3) is 5.57 Å². The molecule has 0 saturated carbocycles. The molecular formula is C19H23NOS. The lowest BCUT2D eigenvalue weighted by molar-refractivity contribution is 0.639. The highest BCUT2D eigenvalue weighted by Gasteiger charge is 2.18. The van der Waals surface area contributed by atoms with Crippen molar-refractivity contribution < 1.29 is 4.21 Å². The van der Waals surface area contributed by atoms with E-state index in [1.807, 2.05) is 57.2 Å². The maximum atomic E-state index is 12.1. The third-order valence-electron chi connectivity index (χ3n) is 3.25. The standard InChI is InChI=1S/C19H23NOS/c1-19(2,3)22(21)20-15-14-18(16-10-6-4-7-11-16)17-12-8-5-9-13-17/h4-14,20H,15H2,1-3H3/t22-/m1/s1. The molecule has 1 N–H and O–H groups in total. The van der Waals surface area contributed by atoms with Crippen LogP contribution in [-0.4, -0.2) is 15.5 Å². The molecule has 0 saturated heterocycles. The van der Waals surface area contributed by atoms with Gasteiger partial charge in [-0.2, -0.15) is 0 Å². The van der Waals surface area contributed by atoms with Crippen molar-refractivity contribution >= 4 is 16.6 Å². The molecule has 0 aliphatic rings. The van der Waals surface area contributed by atoms with Crippen LogP contribution in [0, 0.1) is 0 Å². The van der Waals surface area contributed by atoms with Gasteiger partial charge in [0, 0.05) is 6.54 Å². The molecule has 2 aromatic carbocycles. The second-order valence-electron chi connectivity index (χ2n) is 6.08. The zero-order chi connectivity index (χ0) is 16.0. The number of hydrogen-bond donors (Lipinski definition) is 1. The molecule has 0 radical (unpaired) electrons. The molecular weight excluding hydrogens is 290 g/mol. The number of nitrogens with one attached hydrogen (secondary N) is 1. The Kier molecular flexibility index (Phi) is 5.69. The van der Waals surface area contributed by atoms with Crippen molar-refractivity contribution in [2.24, 2.45) is 0 Å². The molecule has 3 heteroatoms. The molecule has 0 unspecified atom stereocenters. The van der Waals surface area contributed by atoms with Crippen LogP contribution in [0.2, 0.25) is 0 Å². The largest absolute Gasteiger partial charge is 0.242 e.